The fraction of sp³-hybridized carbons (Fsp3) is 0.471. The molecule has 1 aromatic rings. The predicted octanol–water partition coefficient (Wildman–Crippen LogP) is 0.274. The zero-order valence-corrected chi connectivity index (χ0v) is 15.0. The van der Waals surface area contributed by atoms with Crippen molar-refractivity contribution >= 4 is 33.3 Å². The van der Waals surface area contributed by atoms with Crippen LogP contribution in [0.15, 0.2) is 24.3 Å². The summed E-state index contributed by atoms with van der Waals surface area (Å²) in [5, 5.41) is 2.56. The first kappa shape index (κ1) is 18.4. The van der Waals surface area contributed by atoms with Gasteiger partial charge in [-0.2, -0.15) is 0 Å². The van der Waals surface area contributed by atoms with Crippen LogP contribution in [0.2, 0.25) is 0 Å². The van der Waals surface area contributed by atoms with Gasteiger partial charge in [-0.3, -0.25) is 9.59 Å². The highest BCUT2D eigenvalue weighted by Crippen LogP contribution is 2.25. The van der Waals surface area contributed by atoms with Gasteiger partial charge < -0.3 is 15.0 Å². The summed E-state index contributed by atoms with van der Waals surface area (Å²) in [6.07, 6.45) is 1.53. The Morgan fingerprint density at radius 3 is 2.69 bits per heavy atom. The van der Waals surface area contributed by atoms with Crippen LogP contribution in [0.5, 0.6) is 0 Å². The average Bonchev–Trinajstić information content (AvgIpc) is 3.17. The quantitative estimate of drug-likeness (QED) is 0.735. The van der Waals surface area contributed by atoms with Crippen molar-refractivity contribution in [1.82, 2.24) is 5.32 Å². The maximum absolute atomic E-state index is 12.3. The maximum Gasteiger partial charge on any atom is 0.340 e. The number of carbonyl (C=O) groups is 3. The second-order valence-corrected chi connectivity index (χ2v) is 8.64. The summed E-state index contributed by atoms with van der Waals surface area (Å²) in [6, 6.07) is 6.16. The van der Waals surface area contributed by atoms with Crippen LogP contribution in [0.1, 0.15) is 29.6 Å². The molecular formula is C17H20N2O6S. The van der Waals surface area contributed by atoms with Gasteiger partial charge in [-0.1, -0.05) is 12.1 Å². The molecule has 2 heterocycles. The minimum atomic E-state index is -3.10. The van der Waals surface area contributed by atoms with Crippen LogP contribution in [0.25, 0.3) is 0 Å². The van der Waals surface area contributed by atoms with Gasteiger partial charge in [0.15, 0.2) is 16.4 Å². The number of rotatable bonds is 5. The number of benzene rings is 1. The molecule has 1 N–H and O–H groups in total. The van der Waals surface area contributed by atoms with E-state index in [1.54, 1.807) is 29.2 Å². The Bertz CT molecular complexity index is 835. The van der Waals surface area contributed by atoms with E-state index in [1.807, 2.05) is 0 Å². The lowest BCUT2D eigenvalue weighted by atomic mass is 10.1. The van der Waals surface area contributed by atoms with Gasteiger partial charge >= 0.3 is 5.97 Å². The topological polar surface area (TPSA) is 110 Å². The number of nitrogens with zero attached hydrogens (tertiary/aromatic N) is 1. The van der Waals surface area contributed by atoms with E-state index in [0.29, 0.717) is 25.1 Å². The van der Waals surface area contributed by atoms with E-state index < -0.39 is 34.4 Å². The van der Waals surface area contributed by atoms with Gasteiger partial charge in [-0.25, -0.2) is 13.2 Å². The number of ether oxygens (including phenoxy) is 1. The maximum atomic E-state index is 12.3. The van der Waals surface area contributed by atoms with Crippen LogP contribution in [-0.4, -0.2) is 56.9 Å². The van der Waals surface area contributed by atoms with E-state index in [2.05, 4.69) is 5.32 Å². The zero-order chi connectivity index (χ0) is 18.7. The zero-order valence-electron chi connectivity index (χ0n) is 14.1. The first-order valence-corrected chi connectivity index (χ1v) is 10.2. The van der Waals surface area contributed by atoms with Crippen LogP contribution in [-0.2, 0) is 24.2 Å². The smallest absolute Gasteiger partial charge is 0.340 e. The average molecular weight is 380 g/mol. The molecule has 9 heteroatoms. The van der Waals surface area contributed by atoms with Gasteiger partial charge in [0.2, 0.25) is 5.91 Å². The van der Waals surface area contributed by atoms with E-state index in [1.165, 1.54) is 0 Å². The molecule has 2 amide bonds. The number of esters is 1. The van der Waals surface area contributed by atoms with Crippen molar-refractivity contribution in [1.29, 1.82) is 0 Å². The Hall–Kier alpha value is -2.42. The van der Waals surface area contributed by atoms with Crippen molar-refractivity contribution in [3.05, 3.63) is 29.8 Å². The molecule has 0 unspecified atom stereocenters. The normalized spacial score (nSPS) is 21.6. The Morgan fingerprint density at radius 1 is 1.27 bits per heavy atom. The van der Waals surface area contributed by atoms with Gasteiger partial charge in [0.25, 0.3) is 5.91 Å². The number of anilines is 1. The first-order valence-electron chi connectivity index (χ1n) is 8.42. The fourth-order valence-electron chi connectivity index (χ4n) is 3.17. The molecule has 1 aromatic carbocycles. The molecule has 0 radical (unpaired) electrons. The molecular weight excluding hydrogens is 360 g/mol. The summed E-state index contributed by atoms with van der Waals surface area (Å²) in [5.41, 5.74) is 0.696. The molecule has 2 saturated heterocycles. The lowest BCUT2D eigenvalue weighted by Crippen LogP contribution is -2.38. The molecule has 26 heavy (non-hydrogen) atoms. The summed E-state index contributed by atoms with van der Waals surface area (Å²) >= 11 is 0. The van der Waals surface area contributed by atoms with Crippen molar-refractivity contribution in [3.63, 3.8) is 0 Å². The highest BCUT2D eigenvalue weighted by Gasteiger charge is 2.29. The SMILES string of the molecule is O=C(COC(=O)c1ccccc1N1CCCC1=O)N[C@H]1CCS(=O)(=O)C1. The standard InChI is InChI=1S/C17H20N2O6S/c20-15(18-12-7-9-26(23,24)11-12)10-25-17(22)13-4-1-2-5-14(13)19-8-3-6-16(19)21/h1-2,4-5,12H,3,6-11H2,(H,18,20)/t12-/m0/s1. The number of para-hydroxylation sites is 1. The van der Waals surface area contributed by atoms with Crippen molar-refractivity contribution in [2.24, 2.45) is 0 Å². The molecule has 2 aliphatic heterocycles. The summed E-state index contributed by atoms with van der Waals surface area (Å²) in [6.45, 7) is 0.0391. The summed E-state index contributed by atoms with van der Waals surface area (Å²) in [4.78, 5) is 37.7. The molecule has 8 nitrogen and oxygen atoms in total. The minimum absolute atomic E-state index is 0.0505. The third kappa shape index (κ3) is 4.21. The van der Waals surface area contributed by atoms with Gasteiger partial charge in [0, 0.05) is 19.0 Å². The molecule has 0 saturated carbocycles. The van der Waals surface area contributed by atoms with Crippen molar-refractivity contribution in [2.45, 2.75) is 25.3 Å². The van der Waals surface area contributed by atoms with E-state index >= 15 is 0 Å². The van der Waals surface area contributed by atoms with Crippen molar-refractivity contribution in [2.75, 3.05) is 29.6 Å². The molecule has 0 aliphatic carbocycles. The van der Waals surface area contributed by atoms with Crippen LogP contribution < -0.4 is 10.2 Å². The Labute approximate surface area is 151 Å². The summed E-state index contributed by atoms with van der Waals surface area (Å²) in [5.74, 6) is -1.34. The minimum Gasteiger partial charge on any atom is -0.452 e. The van der Waals surface area contributed by atoms with Crippen LogP contribution in [0.3, 0.4) is 0 Å². The van der Waals surface area contributed by atoms with Crippen LogP contribution >= 0.6 is 0 Å². The van der Waals surface area contributed by atoms with Crippen molar-refractivity contribution < 1.29 is 27.5 Å². The number of sulfone groups is 1. The van der Waals surface area contributed by atoms with E-state index in [-0.39, 0.29) is 23.0 Å². The third-order valence-electron chi connectivity index (χ3n) is 4.42. The van der Waals surface area contributed by atoms with Gasteiger partial charge in [0.1, 0.15) is 0 Å². The molecule has 0 bridgehead atoms. The highest BCUT2D eigenvalue weighted by atomic mass is 32.2. The molecule has 2 aliphatic rings. The fourth-order valence-corrected chi connectivity index (χ4v) is 4.84. The highest BCUT2D eigenvalue weighted by molar-refractivity contribution is 7.91. The number of carbonyl (C=O) groups excluding carboxylic acids is 3. The Balaban J connectivity index is 1.59. The first-order chi connectivity index (χ1) is 12.4. The molecule has 1 atom stereocenters. The van der Waals surface area contributed by atoms with Gasteiger partial charge in [-0.15, -0.1) is 0 Å². The molecule has 2 fully saturated rings. The lowest BCUT2D eigenvalue weighted by molar-refractivity contribution is -0.124. The lowest BCUT2D eigenvalue weighted by Gasteiger charge is -2.19. The van der Waals surface area contributed by atoms with Crippen molar-refractivity contribution in [3.8, 4) is 0 Å². The Kier molecular flexibility index (Phi) is 5.26. The van der Waals surface area contributed by atoms with E-state index in [0.717, 1.165) is 6.42 Å². The Morgan fingerprint density at radius 2 is 2.04 bits per heavy atom. The molecule has 0 spiro atoms. The summed E-state index contributed by atoms with van der Waals surface area (Å²) < 4.78 is 27.8. The van der Waals surface area contributed by atoms with Gasteiger partial charge in [0.05, 0.1) is 22.8 Å². The molecule has 0 aromatic heterocycles. The van der Waals surface area contributed by atoms with E-state index in [4.69, 9.17) is 4.74 Å². The number of amides is 2. The van der Waals surface area contributed by atoms with Crippen LogP contribution in [0.4, 0.5) is 5.69 Å². The summed E-state index contributed by atoms with van der Waals surface area (Å²) in [7, 11) is -3.10. The number of hydrogen-bond donors (Lipinski definition) is 1. The van der Waals surface area contributed by atoms with E-state index in [9.17, 15) is 22.8 Å². The number of nitrogens with one attached hydrogen (secondary N) is 1. The van der Waals surface area contributed by atoms with Gasteiger partial charge in [-0.05, 0) is 25.0 Å². The largest absolute Gasteiger partial charge is 0.452 e. The second-order valence-electron chi connectivity index (χ2n) is 6.41. The number of hydrogen-bond acceptors (Lipinski definition) is 6. The second kappa shape index (κ2) is 7.45. The predicted molar refractivity (Wildman–Crippen MR) is 93.5 cm³/mol. The molecule has 3 rings (SSSR count). The molecule has 140 valence electrons. The third-order valence-corrected chi connectivity index (χ3v) is 6.19. The monoisotopic (exact) mass is 380 g/mol. The van der Waals surface area contributed by atoms with Crippen LogP contribution in [0, 0.1) is 0 Å².